The van der Waals surface area contributed by atoms with Crippen LogP contribution in [0.4, 0.5) is 26.5 Å². The van der Waals surface area contributed by atoms with E-state index in [0.717, 1.165) is 0 Å². The van der Waals surface area contributed by atoms with Gasteiger partial charge >= 0.3 is 6.09 Å². The van der Waals surface area contributed by atoms with Crippen molar-refractivity contribution in [1.29, 1.82) is 0 Å². The molecule has 0 aromatic carbocycles. The maximum absolute atomic E-state index is 14.2. The number of nitrogens with zero attached hydrogens (tertiary/aromatic N) is 5. The Labute approximate surface area is 220 Å². The standard InChI is InChI=1S/C26H31FN8O3/c1-25(2,3)38-24(37)34-26(4)9-13-35(14-10-26)18-8-6-12-30-22(18)33-23(36)20-21(28)31-15-17(32-20)19-16(27)7-5-11-29-19/h5-8,11-12,15H,9-10,13-14H2,1-4H3,(H2,28,31)(H,34,37)(H,30,33,36). The maximum Gasteiger partial charge on any atom is 0.408 e. The van der Waals surface area contributed by atoms with Gasteiger partial charge in [0.2, 0.25) is 0 Å². The molecule has 11 nitrogen and oxygen atoms in total. The molecule has 0 saturated carbocycles. The topological polar surface area (TPSA) is 148 Å². The molecular weight excluding hydrogens is 491 g/mol. The number of piperidine rings is 1. The van der Waals surface area contributed by atoms with Gasteiger partial charge in [-0.1, -0.05) is 0 Å². The third kappa shape index (κ3) is 6.31. The van der Waals surface area contributed by atoms with E-state index in [1.54, 1.807) is 12.3 Å². The summed E-state index contributed by atoms with van der Waals surface area (Å²) in [5.74, 6) is -1.02. The number of pyridine rings is 2. The molecule has 4 heterocycles. The van der Waals surface area contributed by atoms with Crippen LogP contribution in [0.15, 0.2) is 42.9 Å². The van der Waals surface area contributed by atoms with Crippen molar-refractivity contribution in [3.05, 3.63) is 54.4 Å². The Morgan fingerprint density at radius 2 is 1.79 bits per heavy atom. The van der Waals surface area contributed by atoms with Crippen LogP contribution in [-0.2, 0) is 4.74 Å². The number of hydrogen-bond acceptors (Lipinski definition) is 9. The molecule has 3 aromatic heterocycles. The van der Waals surface area contributed by atoms with E-state index in [4.69, 9.17) is 10.5 Å². The molecule has 0 spiro atoms. The van der Waals surface area contributed by atoms with E-state index < -0.39 is 29.0 Å². The average Bonchev–Trinajstić information content (AvgIpc) is 2.84. The highest BCUT2D eigenvalue weighted by molar-refractivity contribution is 6.06. The zero-order chi connectivity index (χ0) is 27.5. The fourth-order valence-electron chi connectivity index (χ4n) is 4.08. The van der Waals surface area contributed by atoms with Gasteiger partial charge in [0.1, 0.15) is 17.0 Å². The number of carbonyl (C=O) groups is 2. The minimum absolute atomic E-state index is 0.0380. The maximum atomic E-state index is 14.2. The lowest BCUT2D eigenvalue weighted by Gasteiger charge is -2.41. The number of rotatable bonds is 5. The van der Waals surface area contributed by atoms with Crippen molar-refractivity contribution in [3.8, 4) is 11.4 Å². The van der Waals surface area contributed by atoms with Gasteiger partial charge in [-0.15, -0.1) is 0 Å². The third-order valence-electron chi connectivity index (χ3n) is 6.05. The fourth-order valence-corrected chi connectivity index (χ4v) is 4.08. The zero-order valence-corrected chi connectivity index (χ0v) is 21.8. The molecule has 1 aliphatic rings. The summed E-state index contributed by atoms with van der Waals surface area (Å²) in [5.41, 5.74) is 5.49. The summed E-state index contributed by atoms with van der Waals surface area (Å²) in [6, 6.07) is 6.32. The molecular formula is C26H31FN8O3. The molecule has 0 unspecified atom stereocenters. The van der Waals surface area contributed by atoms with E-state index in [2.05, 4.69) is 35.5 Å². The quantitative estimate of drug-likeness (QED) is 0.455. The van der Waals surface area contributed by atoms with E-state index in [1.807, 2.05) is 33.8 Å². The van der Waals surface area contributed by atoms with Crippen molar-refractivity contribution < 1.29 is 18.7 Å². The largest absolute Gasteiger partial charge is 0.444 e. The lowest BCUT2D eigenvalue weighted by atomic mass is 9.89. The molecule has 0 radical (unpaired) electrons. The highest BCUT2D eigenvalue weighted by Crippen LogP contribution is 2.31. The van der Waals surface area contributed by atoms with Crippen LogP contribution in [0.3, 0.4) is 0 Å². The molecule has 4 N–H and O–H groups in total. The number of aromatic nitrogens is 4. The van der Waals surface area contributed by atoms with Crippen LogP contribution in [0.5, 0.6) is 0 Å². The zero-order valence-electron chi connectivity index (χ0n) is 21.8. The van der Waals surface area contributed by atoms with E-state index in [9.17, 15) is 14.0 Å². The molecule has 12 heteroatoms. The number of alkyl carbamates (subject to hydrolysis) is 1. The van der Waals surface area contributed by atoms with Crippen molar-refractivity contribution >= 4 is 29.3 Å². The second kappa shape index (κ2) is 10.6. The van der Waals surface area contributed by atoms with Crippen molar-refractivity contribution in [2.45, 2.75) is 51.7 Å². The number of halogens is 1. The van der Waals surface area contributed by atoms with Crippen molar-refractivity contribution in [2.24, 2.45) is 0 Å². The number of nitrogens with two attached hydrogens (primary N) is 1. The molecule has 3 aromatic rings. The minimum Gasteiger partial charge on any atom is -0.444 e. The van der Waals surface area contributed by atoms with E-state index >= 15 is 0 Å². The van der Waals surface area contributed by atoms with E-state index in [0.29, 0.717) is 37.4 Å². The Kier molecular flexibility index (Phi) is 7.42. The Balaban J connectivity index is 1.48. The number of nitrogens with one attached hydrogen (secondary N) is 2. The molecule has 4 rings (SSSR count). The van der Waals surface area contributed by atoms with Crippen LogP contribution in [0, 0.1) is 5.82 Å². The Morgan fingerprint density at radius 1 is 1.11 bits per heavy atom. The van der Waals surface area contributed by atoms with Gasteiger partial charge in [-0.3, -0.25) is 9.78 Å². The normalized spacial score (nSPS) is 15.0. The lowest BCUT2D eigenvalue weighted by Crippen LogP contribution is -2.54. The van der Waals surface area contributed by atoms with Crippen molar-refractivity contribution in [1.82, 2.24) is 25.3 Å². The van der Waals surface area contributed by atoms with Crippen LogP contribution in [0.2, 0.25) is 0 Å². The number of carbonyl (C=O) groups excluding carboxylic acids is 2. The van der Waals surface area contributed by atoms with Gasteiger partial charge < -0.3 is 26.0 Å². The first-order valence-electron chi connectivity index (χ1n) is 12.2. The highest BCUT2D eigenvalue weighted by Gasteiger charge is 2.34. The van der Waals surface area contributed by atoms with Crippen LogP contribution in [0.25, 0.3) is 11.4 Å². The molecule has 200 valence electrons. The van der Waals surface area contributed by atoms with Crippen LogP contribution in [0.1, 0.15) is 51.0 Å². The summed E-state index contributed by atoms with van der Waals surface area (Å²) in [5, 5.41) is 5.75. The monoisotopic (exact) mass is 522 g/mol. The van der Waals surface area contributed by atoms with Gasteiger partial charge in [0.05, 0.1) is 11.9 Å². The second-order valence-electron chi connectivity index (χ2n) is 10.3. The summed E-state index contributed by atoms with van der Waals surface area (Å²) < 4.78 is 19.6. The predicted octanol–water partition coefficient (Wildman–Crippen LogP) is 3.79. The minimum atomic E-state index is -0.637. The number of hydrogen-bond donors (Lipinski definition) is 3. The number of anilines is 3. The fraction of sp³-hybridized carbons (Fsp3) is 0.385. The molecule has 0 atom stereocenters. The van der Waals surface area contributed by atoms with Gasteiger partial charge in [0.15, 0.2) is 23.1 Å². The number of nitrogen functional groups attached to an aromatic ring is 1. The predicted molar refractivity (Wildman–Crippen MR) is 141 cm³/mol. The van der Waals surface area contributed by atoms with Crippen LogP contribution >= 0.6 is 0 Å². The average molecular weight is 523 g/mol. The Morgan fingerprint density at radius 3 is 2.47 bits per heavy atom. The number of amides is 2. The van der Waals surface area contributed by atoms with Gasteiger partial charge in [-0.25, -0.2) is 24.1 Å². The molecule has 1 aliphatic heterocycles. The molecule has 0 bridgehead atoms. The van der Waals surface area contributed by atoms with Crippen LogP contribution < -0.4 is 21.3 Å². The molecule has 1 saturated heterocycles. The second-order valence-corrected chi connectivity index (χ2v) is 10.3. The first-order valence-corrected chi connectivity index (χ1v) is 12.2. The Hall–Kier alpha value is -4.35. The van der Waals surface area contributed by atoms with Crippen LogP contribution in [-0.4, -0.2) is 56.2 Å². The number of ether oxygens (including phenoxy) is 1. The lowest BCUT2D eigenvalue weighted by molar-refractivity contribution is 0.0448. The van der Waals surface area contributed by atoms with Crippen molar-refractivity contribution in [2.75, 3.05) is 29.0 Å². The molecule has 38 heavy (non-hydrogen) atoms. The molecule has 1 fully saturated rings. The van der Waals surface area contributed by atoms with Crippen molar-refractivity contribution in [3.63, 3.8) is 0 Å². The molecule has 0 aliphatic carbocycles. The first kappa shape index (κ1) is 26.7. The van der Waals surface area contributed by atoms with Gasteiger partial charge in [0, 0.05) is 31.0 Å². The SMILES string of the molecule is CC1(NC(=O)OC(C)(C)C)CCN(c2cccnc2NC(=O)c2nc(-c3ncccc3F)cnc2N)CC1. The Bertz CT molecular complexity index is 1340. The van der Waals surface area contributed by atoms with E-state index in [1.165, 1.54) is 24.5 Å². The van der Waals surface area contributed by atoms with Gasteiger partial charge in [-0.2, -0.15) is 0 Å². The first-order chi connectivity index (χ1) is 17.9. The van der Waals surface area contributed by atoms with Gasteiger partial charge in [0.25, 0.3) is 5.91 Å². The third-order valence-corrected chi connectivity index (χ3v) is 6.05. The van der Waals surface area contributed by atoms with E-state index in [-0.39, 0.29) is 22.9 Å². The van der Waals surface area contributed by atoms with Gasteiger partial charge in [-0.05, 0) is 64.8 Å². The summed E-state index contributed by atoms with van der Waals surface area (Å²) in [4.78, 5) is 44.1. The summed E-state index contributed by atoms with van der Waals surface area (Å²) >= 11 is 0. The summed E-state index contributed by atoms with van der Waals surface area (Å²) in [6.45, 7) is 8.67. The smallest absolute Gasteiger partial charge is 0.408 e. The summed E-state index contributed by atoms with van der Waals surface area (Å²) in [7, 11) is 0. The molecule has 2 amide bonds. The highest BCUT2D eigenvalue weighted by atomic mass is 19.1. The summed E-state index contributed by atoms with van der Waals surface area (Å²) in [6.07, 6.45) is 5.11.